The van der Waals surface area contributed by atoms with E-state index in [-0.39, 0.29) is 12.1 Å². The molecule has 112 valence electrons. The molecule has 0 unspecified atom stereocenters. The van der Waals surface area contributed by atoms with Crippen molar-refractivity contribution < 1.29 is 4.74 Å². The Labute approximate surface area is 132 Å². The zero-order chi connectivity index (χ0) is 14.9. The lowest BCUT2D eigenvalue weighted by atomic mass is 9.97. The van der Waals surface area contributed by atoms with Gasteiger partial charge in [0.25, 0.3) is 0 Å². The molecule has 1 aliphatic heterocycles. The standard InChI is InChI=1S/C16H16N4OS/c1-21-12-6-4-11(5-7-12)13-9-14(15-3-2-8-22-15)20-16(19-13)17-10-18-20/h2-8,10,13-14H,9H2,1H3,(H,17,18,19)/t13-,14-/m1/s1. The Morgan fingerprint density at radius 3 is 2.86 bits per heavy atom. The SMILES string of the molecule is COc1ccc([C@H]2C[C@H](c3cccs3)n3ncnc3N2)cc1. The van der Waals surface area contributed by atoms with Crippen LogP contribution in [0.1, 0.15) is 28.9 Å². The summed E-state index contributed by atoms with van der Waals surface area (Å²) in [7, 11) is 1.68. The van der Waals surface area contributed by atoms with Gasteiger partial charge in [-0.1, -0.05) is 18.2 Å². The summed E-state index contributed by atoms with van der Waals surface area (Å²) in [5.41, 5.74) is 1.23. The maximum atomic E-state index is 5.24. The molecule has 3 aromatic rings. The largest absolute Gasteiger partial charge is 0.497 e. The number of aromatic nitrogens is 3. The van der Waals surface area contributed by atoms with E-state index in [4.69, 9.17) is 4.74 Å². The highest BCUT2D eigenvalue weighted by Crippen LogP contribution is 2.38. The van der Waals surface area contributed by atoms with Crippen molar-refractivity contribution in [2.24, 2.45) is 0 Å². The summed E-state index contributed by atoms with van der Waals surface area (Å²) in [6, 6.07) is 12.9. The smallest absolute Gasteiger partial charge is 0.222 e. The summed E-state index contributed by atoms with van der Waals surface area (Å²) in [4.78, 5) is 5.66. The van der Waals surface area contributed by atoms with Crippen LogP contribution >= 0.6 is 11.3 Å². The van der Waals surface area contributed by atoms with E-state index in [1.165, 1.54) is 10.4 Å². The van der Waals surface area contributed by atoms with Crippen molar-refractivity contribution in [2.45, 2.75) is 18.5 Å². The van der Waals surface area contributed by atoms with Crippen molar-refractivity contribution >= 4 is 17.3 Å². The molecule has 1 N–H and O–H groups in total. The summed E-state index contributed by atoms with van der Waals surface area (Å²) >= 11 is 1.76. The number of nitrogens with one attached hydrogen (secondary N) is 1. The molecule has 0 bridgehead atoms. The highest BCUT2D eigenvalue weighted by Gasteiger charge is 2.30. The summed E-state index contributed by atoms with van der Waals surface area (Å²) < 4.78 is 7.21. The minimum atomic E-state index is 0.217. The van der Waals surface area contributed by atoms with Crippen LogP contribution in [-0.4, -0.2) is 21.9 Å². The van der Waals surface area contributed by atoms with Gasteiger partial charge in [0.2, 0.25) is 5.95 Å². The molecule has 6 heteroatoms. The monoisotopic (exact) mass is 312 g/mol. The molecular formula is C16H16N4OS. The first-order valence-electron chi connectivity index (χ1n) is 7.18. The molecule has 1 aromatic carbocycles. The third kappa shape index (κ3) is 2.25. The van der Waals surface area contributed by atoms with E-state index in [0.29, 0.717) is 0 Å². The quantitative estimate of drug-likeness (QED) is 0.804. The second kappa shape index (κ2) is 5.46. The van der Waals surface area contributed by atoms with Crippen molar-refractivity contribution in [3.63, 3.8) is 0 Å². The van der Waals surface area contributed by atoms with Crippen LogP contribution in [-0.2, 0) is 0 Å². The molecule has 2 atom stereocenters. The van der Waals surface area contributed by atoms with Crippen molar-refractivity contribution in [1.29, 1.82) is 0 Å². The van der Waals surface area contributed by atoms with Gasteiger partial charge in [0.15, 0.2) is 0 Å². The van der Waals surface area contributed by atoms with Gasteiger partial charge in [-0.25, -0.2) is 4.68 Å². The molecule has 0 saturated heterocycles. The fourth-order valence-electron chi connectivity index (χ4n) is 2.89. The molecule has 22 heavy (non-hydrogen) atoms. The molecule has 5 nitrogen and oxygen atoms in total. The average molecular weight is 312 g/mol. The maximum absolute atomic E-state index is 5.24. The van der Waals surface area contributed by atoms with E-state index in [1.807, 2.05) is 16.8 Å². The predicted octanol–water partition coefficient (Wildman–Crippen LogP) is 3.49. The topological polar surface area (TPSA) is 52.0 Å². The third-order valence-electron chi connectivity index (χ3n) is 4.02. The van der Waals surface area contributed by atoms with E-state index in [1.54, 1.807) is 24.8 Å². The van der Waals surface area contributed by atoms with Crippen LogP contribution in [0.4, 0.5) is 5.95 Å². The van der Waals surface area contributed by atoms with Crippen LogP contribution < -0.4 is 10.1 Å². The molecule has 0 saturated carbocycles. The van der Waals surface area contributed by atoms with Crippen LogP contribution in [0.25, 0.3) is 0 Å². The Morgan fingerprint density at radius 2 is 2.14 bits per heavy atom. The van der Waals surface area contributed by atoms with Crippen LogP contribution in [0.2, 0.25) is 0 Å². The van der Waals surface area contributed by atoms with Gasteiger partial charge in [0.1, 0.15) is 12.1 Å². The summed E-state index contributed by atoms with van der Waals surface area (Å²) in [5.74, 6) is 1.70. The molecule has 0 fully saturated rings. The van der Waals surface area contributed by atoms with E-state index < -0.39 is 0 Å². The Balaban J connectivity index is 1.68. The Bertz CT molecular complexity index is 751. The first-order valence-corrected chi connectivity index (χ1v) is 8.06. The Hall–Kier alpha value is -2.34. The Morgan fingerprint density at radius 1 is 1.27 bits per heavy atom. The molecule has 0 radical (unpaired) electrons. The lowest BCUT2D eigenvalue weighted by molar-refractivity contribution is 0.413. The number of ether oxygens (including phenoxy) is 1. The number of hydrogen-bond donors (Lipinski definition) is 1. The number of fused-ring (bicyclic) bond motifs is 1. The third-order valence-corrected chi connectivity index (χ3v) is 4.99. The number of thiophene rings is 1. The molecule has 1 aliphatic rings. The summed E-state index contributed by atoms with van der Waals surface area (Å²) in [6.07, 6.45) is 2.56. The van der Waals surface area contributed by atoms with E-state index in [9.17, 15) is 0 Å². The Kier molecular flexibility index (Phi) is 3.31. The first-order chi connectivity index (χ1) is 10.8. The normalized spacial score (nSPS) is 20.2. The van der Waals surface area contributed by atoms with E-state index in [0.717, 1.165) is 18.1 Å². The van der Waals surface area contributed by atoms with Crippen molar-refractivity contribution in [3.05, 3.63) is 58.5 Å². The molecule has 4 rings (SSSR count). The number of rotatable bonds is 3. The molecule has 0 amide bonds. The van der Waals surface area contributed by atoms with Crippen LogP contribution in [0, 0.1) is 0 Å². The maximum Gasteiger partial charge on any atom is 0.222 e. The van der Waals surface area contributed by atoms with Crippen molar-refractivity contribution in [3.8, 4) is 5.75 Å². The molecule has 0 aliphatic carbocycles. The lowest BCUT2D eigenvalue weighted by Crippen LogP contribution is -2.27. The van der Waals surface area contributed by atoms with E-state index in [2.05, 4.69) is 45.0 Å². The predicted molar refractivity (Wildman–Crippen MR) is 86.5 cm³/mol. The summed E-state index contributed by atoms with van der Waals surface area (Å²) in [5, 5.41) is 9.96. The minimum Gasteiger partial charge on any atom is -0.497 e. The molecule has 0 spiro atoms. The first kappa shape index (κ1) is 13.3. The molecule has 2 aromatic heterocycles. The highest BCUT2D eigenvalue weighted by atomic mass is 32.1. The van der Waals surface area contributed by atoms with Gasteiger partial charge in [-0.3, -0.25) is 0 Å². The van der Waals surface area contributed by atoms with Gasteiger partial charge in [0, 0.05) is 4.88 Å². The average Bonchev–Trinajstić information content (AvgIpc) is 3.25. The zero-order valence-electron chi connectivity index (χ0n) is 12.1. The zero-order valence-corrected chi connectivity index (χ0v) is 13.0. The minimum absolute atomic E-state index is 0.217. The molecule has 3 heterocycles. The number of methoxy groups -OCH3 is 1. The number of anilines is 1. The van der Waals surface area contributed by atoms with Gasteiger partial charge in [0.05, 0.1) is 19.2 Å². The van der Waals surface area contributed by atoms with Crippen LogP contribution in [0.5, 0.6) is 5.75 Å². The molecular weight excluding hydrogens is 296 g/mol. The van der Waals surface area contributed by atoms with Gasteiger partial charge >= 0.3 is 0 Å². The second-order valence-corrected chi connectivity index (χ2v) is 6.24. The summed E-state index contributed by atoms with van der Waals surface area (Å²) in [6.45, 7) is 0. The highest BCUT2D eigenvalue weighted by molar-refractivity contribution is 7.10. The van der Waals surface area contributed by atoms with E-state index >= 15 is 0 Å². The van der Waals surface area contributed by atoms with Crippen molar-refractivity contribution in [2.75, 3.05) is 12.4 Å². The lowest BCUT2D eigenvalue weighted by Gasteiger charge is -2.31. The number of benzene rings is 1. The number of hydrogen-bond acceptors (Lipinski definition) is 5. The van der Waals surface area contributed by atoms with Gasteiger partial charge in [-0.05, 0) is 35.6 Å². The fraction of sp³-hybridized carbons (Fsp3) is 0.250. The van der Waals surface area contributed by atoms with Gasteiger partial charge in [-0.15, -0.1) is 11.3 Å². The fourth-order valence-corrected chi connectivity index (χ4v) is 3.72. The van der Waals surface area contributed by atoms with Gasteiger partial charge < -0.3 is 10.1 Å². The van der Waals surface area contributed by atoms with Crippen LogP contribution in [0.3, 0.4) is 0 Å². The second-order valence-electron chi connectivity index (χ2n) is 5.27. The number of nitrogens with zero attached hydrogens (tertiary/aromatic N) is 3. The van der Waals surface area contributed by atoms with Crippen molar-refractivity contribution in [1.82, 2.24) is 14.8 Å². The van der Waals surface area contributed by atoms with Gasteiger partial charge in [-0.2, -0.15) is 10.1 Å². The van der Waals surface area contributed by atoms with Crippen LogP contribution in [0.15, 0.2) is 48.1 Å².